The van der Waals surface area contributed by atoms with E-state index in [-0.39, 0.29) is 34.5 Å². The van der Waals surface area contributed by atoms with E-state index >= 15 is 0 Å². The van der Waals surface area contributed by atoms with Crippen LogP contribution in [0.3, 0.4) is 0 Å². The van der Waals surface area contributed by atoms with Crippen LogP contribution < -0.4 is 4.72 Å². The van der Waals surface area contributed by atoms with E-state index in [1.807, 2.05) is 24.3 Å². The van der Waals surface area contributed by atoms with Gasteiger partial charge in [-0.25, -0.2) is 9.37 Å². The van der Waals surface area contributed by atoms with Crippen molar-refractivity contribution in [1.29, 1.82) is 0 Å². The number of sulfonamides is 1. The monoisotopic (exact) mass is 506 g/mol. The smallest absolute Gasteiger partial charge is 0.280 e. The highest BCUT2D eigenvalue weighted by atomic mass is 32.2. The lowest BCUT2D eigenvalue weighted by Crippen LogP contribution is -2.27. The van der Waals surface area contributed by atoms with E-state index in [1.165, 1.54) is 41.0 Å². The van der Waals surface area contributed by atoms with Crippen molar-refractivity contribution < 1.29 is 17.6 Å². The average molecular weight is 507 g/mol. The first-order valence-electron chi connectivity index (χ1n) is 10.6. The first-order chi connectivity index (χ1) is 16.8. The second kappa shape index (κ2) is 9.05. The van der Waals surface area contributed by atoms with Crippen molar-refractivity contribution in [2.24, 2.45) is 0 Å². The van der Waals surface area contributed by atoms with Gasteiger partial charge in [0.15, 0.2) is 5.03 Å². The maximum absolute atomic E-state index is 13.5. The van der Waals surface area contributed by atoms with Gasteiger partial charge in [0.1, 0.15) is 5.82 Å². The van der Waals surface area contributed by atoms with Crippen LogP contribution in [0, 0.1) is 5.82 Å². The van der Waals surface area contributed by atoms with Crippen LogP contribution in [0.4, 0.5) is 10.1 Å². The zero-order valence-electron chi connectivity index (χ0n) is 18.5. The molecule has 2 aromatic heterocycles. The number of nitrogens with one attached hydrogen (secondary N) is 1. The van der Waals surface area contributed by atoms with Gasteiger partial charge in [0, 0.05) is 19.8 Å². The molecule has 1 N–H and O–H groups in total. The van der Waals surface area contributed by atoms with Crippen molar-refractivity contribution >= 4 is 54.0 Å². The lowest BCUT2D eigenvalue weighted by molar-refractivity contribution is 0.0786. The Morgan fingerprint density at radius 1 is 1.06 bits per heavy atom. The molecular weight excluding hydrogens is 487 g/mol. The Morgan fingerprint density at radius 3 is 2.51 bits per heavy atom. The van der Waals surface area contributed by atoms with Gasteiger partial charge in [-0.05, 0) is 58.2 Å². The Bertz CT molecular complexity index is 1670. The summed E-state index contributed by atoms with van der Waals surface area (Å²) in [6.45, 7) is 0.222. The first-order valence-corrected chi connectivity index (χ1v) is 12.8. The molecule has 176 valence electrons. The molecule has 1 amide bonds. The van der Waals surface area contributed by atoms with Gasteiger partial charge in [0.2, 0.25) is 0 Å². The highest BCUT2D eigenvalue weighted by Gasteiger charge is 2.25. The predicted octanol–water partition coefficient (Wildman–Crippen LogP) is 5.06. The first kappa shape index (κ1) is 22.9. The topological polar surface area (TPSA) is 92.3 Å². The van der Waals surface area contributed by atoms with Crippen LogP contribution in [0.15, 0.2) is 84.1 Å². The van der Waals surface area contributed by atoms with Gasteiger partial charge < -0.3 is 4.90 Å². The Balaban J connectivity index is 1.55. The predicted molar refractivity (Wildman–Crippen MR) is 134 cm³/mol. The van der Waals surface area contributed by atoms with Crippen LogP contribution >= 0.6 is 11.5 Å². The summed E-state index contributed by atoms with van der Waals surface area (Å²) in [6, 6.07) is 18.2. The maximum atomic E-state index is 13.5. The molecule has 0 unspecified atom stereocenters. The zero-order chi connectivity index (χ0) is 24.6. The molecule has 35 heavy (non-hydrogen) atoms. The molecule has 0 atom stereocenters. The number of halogens is 1. The van der Waals surface area contributed by atoms with Crippen LogP contribution in [0.1, 0.15) is 15.9 Å². The number of nitrogens with zero attached hydrogens (tertiary/aromatic N) is 3. The van der Waals surface area contributed by atoms with Crippen molar-refractivity contribution in [3.05, 3.63) is 96.1 Å². The van der Waals surface area contributed by atoms with E-state index < -0.39 is 10.0 Å². The Kier molecular flexibility index (Phi) is 5.91. The van der Waals surface area contributed by atoms with Crippen molar-refractivity contribution in [2.45, 2.75) is 11.6 Å². The molecule has 10 heteroatoms. The zero-order valence-corrected chi connectivity index (χ0v) is 20.1. The van der Waals surface area contributed by atoms with Gasteiger partial charge in [-0.15, -0.1) is 0 Å². The molecule has 2 heterocycles. The molecule has 7 nitrogen and oxygen atoms in total. The summed E-state index contributed by atoms with van der Waals surface area (Å²) in [4.78, 5) is 19.0. The third-order valence-electron chi connectivity index (χ3n) is 5.54. The van der Waals surface area contributed by atoms with Gasteiger partial charge in [-0.3, -0.25) is 9.52 Å². The molecule has 0 fully saturated rings. The third-order valence-corrected chi connectivity index (χ3v) is 7.63. The molecular formula is C25H19FN4O3S2. The molecule has 5 aromatic rings. The quantitative estimate of drug-likeness (QED) is 0.348. The second-order valence-corrected chi connectivity index (χ2v) is 10.4. The number of aromatic nitrogens is 2. The van der Waals surface area contributed by atoms with Crippen LogP contribution in [0.5, 0.6) is 0 Å². The molecule has 5 rings (SSSR count). The molecule has 3 aromatic carbocycles. The van der Waals surface area contributed by atoms with Gasteiger partial charge in [-0.2, -0.15) is 12.8 Å². The summed E-state index contributed by atoms with van der Waals surface area (Å²) in [5.74, 6) is -0.750. The number of amides is 1. The standard InChI is InChI=1S/C25H19FN4O3S2/c1-30(15-16-6-8-19(26)9-7-16)25(31)20-12-17-4-2-3-5-18(17)13-22(20)29-35(32,33)24-21-14-28-34-23(21)10-11-27-24/h2-14,29H,15H2,1H3. The summed E-state index contributed by atoms with van der Waals surface area (Å²) in [6.07, 6.45) is 2.88. The average Bonchev–Trinajstić information content (AvgIpc) is 3.33. The second-order valence-electron chi connectivity index (χ2n) is 7.99. The summed E-state index contributed by atoms with van der Waals surface area (Å²) < 4.78 is 47.3. The highest BCUT2D eigenvalue weighted by Crippen LogP contribution is 2.30. The number of hydrogen-bond acceptors (Lipinski definition) is 6. The van der Waals surface area contributed by atoms with E-state index in [2.05, 4.69) is 14.1 Å². The van der Waals surface area contributed by atoms with Crippen LogP contribution in [0.2, 0.25) is 0 Å². The van der Waals surface area contributed by atoms with Gasteiger partial charge >= 0.3 is 0 Å². The van der Waals surface area contributed by atoms with E-state index in [0.717, 1.165) is 16.3 Å². The minimum atomic E-state index is -4.13. The lowest BCUT2D eigenvalue weighted by Gasteiger charge is -2.20. The number of carbonyl (C=O) groups is 1. The Hall–Kier alpha value is -3.89. The van der Waals surface area contributed by atoms with Crippen molar-refractivity contribution in [1.82, 2.24) is 14.3 Å². The fourth-order valence-electron chi connectivity index (χ4n) is 3.82. The van der Waals surface area contributed by atoms with Crippen molar-refractivity contribution in [2.75, 3.05) is 11.8 Å². The van der Waals surface area contributed by atoms with Gasteiger partial charge in [0.25, 0.3) is 15.9 Å². The third kappa shape index (κ3) is 4.58. The van der Waals surface area contributed by atoms with Gasteiger partial charge in [-0.1, -0.05) is 36.4 Å². The number of benzene rings is 3. The minimum Gasteiger partial charge on any atom is -0.337 e. The van der Waals surface area contributed by atoms with Crippen LogP contribution in [-0.4, -0.2) is 35.6 Å². The Morgan fingerprint density at radius 2 is 1.77 bits per heavy atom. The molecule has 0 radical (unpaired) electrons. The molecule has 0 aliphatic rings. The number of rotatable bonds is 6. The number of anilines is 1. The van der Waals surface area contributed by atoms with E-state index in [9.17, 15) is 17.6 Å². The maximum Gasteiger partial charge on any atom is 0.280 e. The number of pyridine rings is 1. The SMILES string of the molecule is CN(Cc1ccc(F)cc1)C(=O)c1cc2ccccc2cc1NS(=O)(=O)c1nccc2sncc12. The summed E-state index contributed by atoms with van der Waals surface area (Å²) in [5.41, 5.74) is 1.07. The number of fused-ring (bicyclic) bond motifs is 2. The molecule has 0 bridgehead atoms. The fraction of sp³-hybridized carbons (Fsp3) is 0.0800. The molecule has 0 saturated carbocycles. The molecule has 0 aliphatic heterocycles. The molecule has 0 spiro atoms. The normalized spacial score (nSPS) is 11.6. The highest BCUT2D eigenvalue weighted by molar-refractivity contribution is 7.92. The van der Waals surface area contributed by atoms with Crippen molar-refractivity contribution in [3.8, 4) is 0 Å². The van der Waals surface area contributed by atoms with Crippen LogP contribution in [0.25, 0.3) is 20.9 Å². The van der Waals surface area contributed by atoms with E-state index in [1.54, 1.807) is 37.4 Å². The fourth-order valence-corrected chi connectivity index (χ4v) is 5.73. The number of carbonyl (C=O) groups excluding carboxylic acids is 1. The Labute approximate surface area is 205 Å². The lowest BCUT2D eigenvalue weighted by atomic mass is 10.0. The molecule has 0 saturated heterocycles. The molecule has 0 aliphatic carbocycles. The number of hydrogen-bond donors (Lipinski definition) is 1. The van der Waals surface area contributed by atoms with E-state index in [0.29, 0.717) is 10.1 Å². The minimum absolute atomic E-state index is 0.140. The van der Waals surface area contributed by atoms with Crippen molar-refractivity contribution in [3.63, 3.8) is 0 Å². The van der Waals surface area contributed by atoms with Gasteiger partial charge in [0.05, 0.1) is 27.5 Å². The largest absolute Gasteiger partial charge is 0.337 e. The van der Waals surface area contributed by atoms with E-state index in [4.69, 9.17) is 0 Å². The summed E-state index contributed by atoms with van der Waals surface area (Å²) in [5, 5.41) is 1.81. The van der Waals surface area contributed by atoms with Crippen LogP contribution in [-0.2, 0) is 16.6 Å². The summed E-state index contributed by atoms with van der Waals surface area (Å²) in [7, 11) is -2.52. The summed E-state index contributed by atoms with van der Waals surface area (Å²) >= 11 is 1.17.